The van der Waals surface area contributed by atoms with Gasteiger partial charge in [-0.15, -0.1) is 0 Å². The smallest absolute Gasteiger partial charge is 0.333 e. The Morgan fingerprint density at radius 2 is 1.93 bits per heavy atom. The van der Waals surface area contributed by atoms with Crippen LogP contribution in [0.4, 0.5) is 26.1 Å². The third-order valence-corrected chi connectivity index (χ3v) is 7.87. The third-order valence-electron chi connectivity index (χ3n) is 7.87. The molecule has 0 unspecified atom stereocenters. The lowest BCUT2D eigenvalue weighted by Crippen LogP contribution is -2.36. The molecule has 3 aromatic rings. The van der Waals surface area contributed by atoms with Crippen molar-refractivity contribution in [3.05, 3.63) is 42.1 Å². The summed E-state index contributed by atoms with van der Waals surface area (Å²) in [6, 6.07) is 3.88. The van der Waals surface area contributed by atoms with Crippen molar-refractivity contribution in [1.82, 2.24) is 24.7 Å². The molecule has 0 saturated carbocycles. The van der Waals surface area contributed by atoms with E-state index in [1.165, 1.54) is 18.7 Å². The first kappa shape index (κ1) is 27.9. The molecule has 0 aromatic carbocycles. The fraction of sp³-hybridized carbons (Fsp3) is 0.552. The Labute approximate surface area is 233 Å². The number of hydrogen-bond donors (Lipinski definition) is 2. The van der Waals surface area contributed by atoms with Crippen molar-refractivity contribution in [3.8, 4) is 11.3 Å². The molecule has 0 aliphatic carbocycles. The van der Waals surface area contributed by atoms with E-state index in [1.807, 2.05) is 26.0 Å². The predicted molar refractivity (Wildman–Crippen MR) is 152 cm³/mol. The van der Waals surface area contributed by atoms with Gasteiger partial charge in [-0.05, 0) is 57.1 Å². The molecular formula is C29H38F2N8O. The van der Waals surface area contributed by atoms with Crippen LogP contribution in [0.5, 0.6) is 0 Å². The maximum atomic E-state index is 13.1. The first-order valence-corrected chi connectivity index (χ1v) is 13.9. The Kier molecular flexibility index (Phi) is 7.50. The zero-order valence-corrected chi connectivity index (χ0v) is 23.8. The van der Waals surface area contributed by atoms with Crippen molar-refractivity contribution < 1.29 is 13.6 Å². The quantitative estimate of drug-likeness (QED) is 0.332. The number of piperidine rings is 1. The average molecular weight is 553 g/mol. The van der Waals surface area contributed by atoms with E-state index in [0.717, 1.165) is 68.1 Å². The summed E-state index contributed by atoms with van der Waals surface area (Å²) in [5, 5.41) is 10.3. The number of amides is 1. The Morgan fingerprint density at radius 1 is 1.18 bits per heavy atom. The number of carbonyl (C=O) groups is 1. The zero-order valence-electron chi connectivity index (χ0n) is 23.8. The standard InChI is InChI=1S/C29H38F2N8O/c1-28(2,3)11-6-12-32-21-8-7-20(19-15-35-39(16-19)27(30)31)36-23(21)18-9-13-38(14-10-18)25-22-24(33-17-34-25)37-26(40)29(22,4)5/h7-8,15-18,27,32H,6,9-14H2,1-5H3,(H,33,34,37,40). The van der Waals surface area contributed by atoms with Gasteiger partial charge in [-0.25, -0.2) is 14.6 Å². The Bertz CT molecular complexity index is 1370. The van der Waals surface area contributed by atoms with Gasteiger partial charge in [-0.1, -0.05) is 20.8 Å². The Hall–Kier alpha value is -3.63. The highest BCUT2D eigenvalue weighted by Crippen LogP contribution is 2.43. The van der Waals surface area contributed by atoms with Gasteiger partial charge in [0.05, 0.1) is 34.3 Å². The summed E-state index contributed by atoms with van der Waals surface area (Å²) in [7, 11) is 0. The molecule has 2 N–H and O–H groups in total. The highest BCUT2D eigenvalue weighted by molar-refractivity contribution is 6.06. The number of hydrogen-bond acceptors (Lipinski definition) is 7. The van der Waals surface area contributed by atoms with Gasteiger partial charge < -0.3 is 15.5 Å². The largest absolute Gasteiger partial charge is 0.384 e. The van der Waals surface area contributed by atoms with E-state index in [9.17, 15) is 13.6 Å². The van der Waals surface area contributed by atoms with Crippen LogP contribution in [0.2, 0.25) is 0 Å². The second kappa shape index (κ2) is 10.7. The van der Waals surface area contributed by atoms with E-state index in [-0.39, 0.29) is 17.2 Å². The molecule has 5 heterocycles. The number of carbonyl (C=O) groups excluding carboxylic acids is 1. The number of halogens is 2. The van der Waals surface area contributed by atoms with Gasteiger partial charge in [0.25, 0.3) is 0 Å². The number of rotatable bonds is 8. The topological polar surface area (TPSA) is 101 Å². The summed E-state index contributed by atoms with van der Waals surface area (Å²) in [6.07, 6.45) is 8.08. The number of nitrogens with zero attached hydrogens (tertiary/aromatic N) is 6. The van der Waals surface area contributed by atoms with Gasteiger partial charge in [-0.2, -0.15) is 13.9 Å². The van der Waals surface area contributed by atoms with Crippen molar-refractivity contribution in [3.63, 3.8) is 0 Å². The first-order valence-electron chi connectivity index (χ1n) is 13.9. The molecule has 1 fully saturated rings. The number of nitrogens with one attached hydrogen (secondary N) is 2. The molecule has 2 aliphatic heterocycles. The summed E-state index contributed by atoms with van der Waals surface area (Å²) in [5.74, 6) is 1.49. The maximum Gasteiger partial charge on any atom is 0.333 e. The van der Waals surface area contributed by atoms with Gasteiger partial charge in [0.2, 0.25) is 5.91 Å². The molecule has 40 heavy (non-hydrogen) atoms. The van der Waals surface area contributed by atoms with Crippen LogP contribution < -0.4 is 15.5 Å². The molecule has 9 nitrogen and oxygen atoms in total. The SMILES string of the molecule is CC(C)(C)CCCNc1ccc(-c2cnn(C(F)F)c2)nc1C1CCN(c2ncnc3c2C(C)(C)C(=O)N3)CC1. The van der Waals surface area contributed by atoms with E-state index < -0.39 is 12.0 Å². The highest BCUT2D eigenvalue weighted by Gasteiger charge is 2.43. The lowest BCUT2D eigenvalue weighted by atomic mass is 9.86. The summed E-state index contributed by atoms with van der Waals surface area (Å²) in [5.41, 5.74) is 3.53. The van der Waals surface area contributed by atoms with Crippen LogP contribution in [0.15, 0.2) is 30.9 Å². The fourth-order valence-electron chi connectivity index (χ4n) is 5.54. The molecule has 0 radical (unpaired) electrons. The number of aromatic nitrogens is 5. The van der Waals surface area contributed by atoms with Crippen LogP contribution in [0.1, 0.15) is 84.0 Å². The minimum Gasteiger partial charge on any atom is -0.384 e. The van der Waals surface area contributed by atoms with Gasteiger partial charge in [0, 0.05) is 37.3 Å². The summed E-state index contributed by atoms with van der Waals surface area (Å²) >= 11 is 0. The van der Waals surface area contributed by atoms with Gasteiger partial charge in [0.1, 0.15) is 18.0 Å². The summed E-state index contributed by atoms with van der Waals surface area (Å²) in [4.78, 5) is 28.7. The van der Waals surface area contributed by atoms with Crippen LogP contribution in [0, 0.1) is 5.41 Å². The average Bonchev–Trinajstić information content (AvgIpc) is 3.49. The predicted octanol–water partition coefficient (Wildman–Crippen LogP) is 5.98. The van der Waals surface area contributed by atoms with Crippen molar-refractivity contribution in [2.45, 2.75) is 78.2 Å². The molecule has 2 aliphatic rings. The number of anilines is 3. The summed E-state index contributed by atoms with van der Waals surface area (Å²) in [6.45, 7) is 10.1. The van der Waals surface area contributed by atoms with E-state index in [1.54, 1.807) is 0 Å². The third kappa shape index (κ3) is 5.64. The number of alkyl halides is 2. The van der Waals surface area contributed by atoms with Crippen molar-refractivity contribution >= 4 is 23.2 Å². The lowest BCUT2D eigenvalue weighted by Gasteiger charge is -2.35. The molecule has 0 spiro atoms. The monoisotopic (exact) mass is 552 g/mol. The minimum atomic E-state index is -2.69. The molecule has 1 amide bonds. The minimum absolute atomic E-state index is 0.0718. The molecule has 3 aromatic heterocycles. The van der Waals surface area contributed by atoms with Crippen LogP contribution in [0.25, 0.3) is 11.3 Å². The second-order valence-electron chi connectivity index (χ2n) is 12.5. The molecule has 5 rings (SSSR count). The van der Waals surface area contributed by atoms with Crippen LogP contribution in [0.3, 0.4) is 0 Å². The molecule has 1 saturated heterocycles. The van der Waals surface area contributed by atoms with Gasteiger partial charge in [0.15, 0.2) is 0 Å². The number of fused-ring (bicyclic) bond motifs is 1. The molecular weight excluding hydrogens is 514 g/mol. The Balaban J connectivity index is 1.37. The Morgan fingerprint density at radius 3 is 2.60 bits per heavy atom. The first-order chi connectivity index (χ1) is 18.9. The second-order valence-corrected chi connectivity index (χ2v) is 12.5. The van der Waals surface area contributed by atoms with Gasteiger partial charge >= 0.3 is 6.55 Å². The van der Waals surface area contributed by atoms with Gasteiger partial charge in [-0.3, -0.25) is 9.78 Å². The van der Waals surface area contributed by atoms with Crippen LogP contribution in [-0.2, 0) is 10.2 Å². The number of pyridine rings is 1. The fourth-order valence-corrected chi connectivity index (χ4v) is 5.54. The summed E-state index contributed by atoms with van der Waals surface area (Å²) < 4.78 is 26.9. The van der Waals surface area contributed by atoms with E-state index >= 15 is 0 Å². The van der Waals surface area contributed by atoms with Crippen LogP contribution in [-0.4, -0.2) is 50.3 Å². The molecule has 0 atom stereocenters. The van der Waals surface area contributed by atoms with E-state index in [2.05, 4.69) is 51.4 Å². The van der Waals surface area contributed by atoms with Crippen molar-refractivity contribution in [1.29, 1.82) is 0 Å². The van der Waals surface area contributed by atoms with Crippen LogP contribution >= 0.6 is 0 Å². The zero-order chi connectivity index (χ0) is 28.7. The highest BCUT2D eigenvalue weighted by atomic mass is 19.3. The molecule has 0 bridgehead atoms. The van der Waals surface area contributed by atoms with Crippen molar-refractivity contribution in [2.24, 2.45) is 5.41 Å². The van der Waals surface area contributed by atoms with E-state index in [4.69, 9.17) is 4.98 Å². The van der Waals surface area contributed by atoms with E-state index in [0.29, 0.717) is 21.8 Å². The molecule has 214 valence electrons. The van der Waals surface area contributed by atoms with Crippen molar-refractivity contribution in [2.75, 3.05) is 35.2 Å². The molecule has 11 heteroatoms. The maximum absolute atomic E-state index is 13.1. The lowest BCUT2D eigenvalue weighted by molar-refractivity contribution is -0.119. The normalized spacial score (nSPS) is 17.3.